The van der Waals surface area contributed by atoms with Gasteiger partial charge in [-0.25, -0.2) is 8.78 Å². The minimum absolute atomic E-state index is 0.210. The lowest BCUT2D eigenvalue weighted by molar-refractivity contribution is -0.123. The third-order valence-electron chi connectivity index (χ3n) is 2.59. The Morgan fingerprint density at radius 3 is 2.93 bits per heavy atom. The van der Waals surface area contributed by atoms with E-state index in [-0.39, 0.29) is 11.8 Å². The maximum atomic E-state index is 11.7. The predicted octanol–water partition coefficient (Wildman–Crippen LogP) is 1.32. The highest BCUT2D eigenvalue weighted by Gasteiger charge is 2.22. The first kappa shape index (κ1) is 12.5. The van der Waals surface area contributed by atoms with Crippen LogP contribution in [0.2, 0.25) is 0 Å². The summed E-state index contributed by atoms with van der Waals surface area (Å²) >= 11 is 0. The van der Waals surface area contributed by atoms with Crippen molar-refractivity contribution >= 4 is 5.78 Å². The molecule has 1 heterocycles. The van der Waals surface area contributed by atoms with Crippen LogP contribution in [0, 0.1) is 0 Å². The second-order valence-corrected chi connectivity index (χ2v) is 3.84. The molecule has 0 bridgehead atoms. The van der Waals surface area contributed by atoms with E-state index in [9.17, 15) is 13.6 Å². The largest absolute Gasteiger partial charge is 0.374 e. The van der Waals surface area contributed by atoms with Crippen LogP contribution < -0.4 is 0 Å². The number of ketones is 1. The van der Waals surface area contributed by atoms with Crippen LogP contribution in [0.15, 0.2) is 0 Å². The van der Waals surface area contributed by atoms with Crippen LogP contribution in [0.5, 0.6) is 0 Å². The first-order valence-corrected chi connectivity index (χ1v) is 5.21. The Morgan fingerprint density at radius 1 is 1.60 bits per heavy atom. The van der Waals surface area contributed by atoms with E-state index in [0.717, 1.165) is 6.54 Å². The summed E-state index contributed by atoms with van der Waals surface area (Å²) in [6.45, 7) is 3.13. The van der Waals surface area contributed by atoms with Crippen molar-refractivity contribution in [2.75, 3.05) is 26.3 Å². The molecule has 0 aromatic carbocycles. The maximum absolute atomic E-state index is 11.7. The van der Waals surface area contributed by atoms with Crippen LogP contribution in [0.3, 0.4) is 0 Å². The van der Waals surface area contributed by atoms with Crippen molar-refractivity contribution in [3.05, 3.63) is 0 Å². The average molecular weight is 221 g/mol. The summed E-state index contributed by atoms with van der Waals surface area (Å²) in [5.74, 6) is 0.284. The summed E-state index contributed by atoms with van der Waals surface area (Å²) in [5, 5.41) is 0. The fourth-order valence-corrected chi connectivity index (χ4v) is 1.74. The van der Waals surface area contributed by atoms with E-state index in [2.05, 4.69) is 4.90 Å². The van der Waals surface area contributed by atoms with Gasteiger partial charge < -0.3 is 4.74 Å². The highest BCUT2D eigenvalue weighted by atomic mass is 19.3. The number of halogens is 2. The molecular formula is C10H17F2NO2. The number of rotatable bonds is 5. The van der Waals surface area contributed by atoms with Gasteiger partial charge in [-0.2, -0.15) is 0 Å². The Morgan fingerprint density at radius 2 is 2.33 bits per heavy atom. The summed E-state index contributed by atoms with van der Waals surface area (Å²) in [5.41, 5.74) is 0. The van der Waals surface area contributed by atoms with Gasteiger partial charge in [-0.3, -0.25) is 9.69 Å². The average Bonchev–Trinajstić information content (AvgIpc) is 2.14. The Kier molecular flexibility index (Phi) is 5.11. The Balaban J connectivity index is 2.13. The van der Waals surface area contributed by atoms with Gasteiger partial charge in [-0.15, -0.1) is 0 Å². The fraction of sp³-hybridized carbons (Fsp3) is 0.900. The van der Waals surface area contributed by atoms with Crippen LogP contribution in [0.25, 0.3) is 0 Å². The Bertz CT molecular complexity index is 212. The van der Waals surface area contributed by atoms with E-state index in [1.54, 1.807) is 0 Å². The third-order valence-corrected chi connectivity index (χ3v) is 2.59. The second kappa shape index (κ2) is 6.12. The van der Waals surface area contributed by atoms with E-state index in [0.29, 0.717) is 26.0 Å². The van der Waals surface area contributed by atoms with E-state index in [4.69, 9.17) is 4.74 Å². The van der Waals surface area contributed by atoms with Crippen LogP contribution in [-0.2, 0) is 9.53 Å². The number of piperidine rings is 1. The molecule has 0 aliphatic carbocycles. The lowest BCUT2D eigenvalue weighted by atomic mass is 10.0. The molecule has 1 atom stereocenters. The molecule has 1 fully saturated rings. The quantitative estimate of drug-likeness (QED) is 0.656. The highest BCUT2D eigenvalue weighted by molar-refractivity contribution is 5.79. The number of ether oxygens (including phenoxy) is 1. The molecule has 1 aliphatic rings. The zero-order chi connectivity index (χ0) is 11.3. The second-order valence-electron chi connectivity index (χ2n) is 3.84. The zero-order valence-electron chi connectivity index (χ0n) is 8.92. The van der Waals surface area contributed by atoms with E-state index < -0.39 is 13.0 Å². The molecule has 1 rings (SSSR count). The van der Waals surface area contributed by atoms with Crippen molar-refractivity contribution in [2.24, 2.45) is 0 Å². The summed E-state index contributed by atoms with van der Waals surface area (Å²) < 4.78 is 28.3. The Labute approximate surface area is 88.4 Å². The number of likely N-dealkylation sites (tertiary alicyclic amines) is 1. The van der Waals surface area contributed by atoms with Crippen molar-refractivity contribution in [1.82, 2.24) is 4.90 Å². The molecule has 3 nitrogen and oxygen atoms in total. The number of Topliss-reactive ketones (excluding diaryl/α,β-unsaturated/α-hetero) is 1. The lowest BCUT2D eigenvalue weighted by Crippen LogP contribution is -2.42. The maximum Gasteiger partial charge on any atom is 0.261 e. The summed E-state index contributed by atoms with van der Waals surface area (Å²) in [6.07, 6.45) is -1.26. The molecule has 0 aromatic rings. The molecule has 1 unspecified atom stereocenters. The molecule has 88 valence electrons. The molecule has 0 spiro atoms. The number of nitrogens with zero attached hydrogens (tertiary/aromatic N) is 1. The van der Waals surface area contributed by atoms with Crippen molar-refractivity contribution in [3.63, 3.8) is 0 Å². The molecule has 15 heavy (non-hydrogen) atoms. The van der Waals surface area contributed by atoms with E-state index in [1.165, 1.54) is 0 Å². The fourth-order valence-electron chi connectivity index (χ4n) is 1.74. The molecular weight excluding hydrogens is 204 g/mol. The standard InChI is InChI=1S/C10H17F2NO2/c1-8-6-9(14)2-3-13(8)4-5-15-7-10(11)12/h8,10H,2-7H2,1H3. The topological polar surface area (TPSA) is 29.5 Å². The van der Waals surface area contributed by atoms with Gasteiger partial charge >= 0.3 is 0 Å². The van der Waals surface area contributed by atoms with Gasteiger partial charge in [0.15, 0.2) is 0 Å². The molecule has 0 saturated carbocycles. The van der Waals surface area contributed by atoms with Crippen LogP contribution >= 0.6 is 0 Å². The normalized spacial score (nSPS) is 23.7. The van der Waals surface area contributed by atoms with Crippen LogP contribution in [0.1, 0.15) is 19.8 Å². The van der Waals surface area contributed by atoms with Crippen LogP contribution in [0.4, 0.5) is 8.78 Å². The summed E-state index contributed by atoms with van der Waals surface area (Å²) in [6, 6.07) is 0.210. The molecule has 0 N–H and O–H groups in total. The van der Waals surface area contributed by atoms with Gasteiger partial charge in [0.05, 0.1) is 6.61 Å². The van der Waals surface area contributed by atoms with Gasteiger partial charge in [-0.1, -0.05) is 0 Å². The zero-order valence-corrected chi connectivity index (χ0v) is 8.92. The molecule has 0 radical (unpaired) electrons. The third kappa shape index (κ3) is 4.66. The first-order chi connectivity index (χ1) is 7.09. The van der Waals surface area contributed by atoms with Gasteiger partial charge in [0.2, 0.25) is 0 Å². The van der Waals surface area contributed by atoms with Gasteiger partial charge in [0, 0.05) is 32.0 Å². The van der Waals surface area contributed by atoms with E-state index in [1.807, 2.05) is 6.92 Å². The monoisotopic (exact) mass is 221 g/mol. The molecule has 0 aromatic heterocycles. The minimum atomic E-state index is -2.40. The SMILES string of the molecule is CC1CC(=O)CCN1CCOCC(F)F. The molecule has 1 aliphatic heterocycles. The smallest absolute Gasteiger partial charge is 0.261 e. The van der Waals surface area contributed by atoms with Crippen molar-refractivity contribution in [1.29, 1.82) is 0 Å². The number of alkyl halides is 2. The van der Waals surface area contributed by atoms with Crippen molar-refractivity contribution < 1.29 is 18.3 Å². The molecule has 5 heteroatoms. The van der Waals surface area contributed by atoms with Crippen molar-refractivity contribution in [3.8, 4) is 0 Å². The number of hydrogen-bond donors (Lipinski definition) is 0. The summed E-state index contributed by atoms with van der Waals surface area (Å²) in [4.78, 5) is 13.2. The summed E-state index contributed by atoms with van der Waals surface area (Å²) in [7, 11) is 0. The highest BCUT2D eigenvalue weighted by Crippen LogP contribution is 2.12. The van der Waals surface area contributed by atoms with Crippen molar-refractivity contribution in [2.45, 2.75) is 32.2 Å². The lowest BCUT2D eigenvalue weighted by Gasteiger charge is -2.32. The minimum Gasteiger partial charge on any atom is -0.374 e. The van der Waals surface area contributed by atoms with Gasteiger partial charge in [-0.05, 0) is 6.92 Å². The molecule has 0 amide bonds. The Hall–Kier alpha value is -0.550. The first-order valence-electron chi connectivity index (χ1n) is 5.21. The predicted molar refractivity (Wildman–Crippen MR) is 52.1 cm³/mol. The molecule has 1 saturated heterocycles. The van der Waals surface area contributed by atoms with Gasteiger partial charge in [0.25, 0.3) is 6.43 Å². The number of carbonyl (C=O) groups excluding carboxylic acids is 1. The number of carbonyl (C=O) groups is 1. The van der Waals surface area contributed by atoms with E-state index >= 15 is 0 Å². The van der Waals surface area contributed by atoms with Crippen LogP contribution in [-0.4, -0.2) is 49.5 Å². The van der Waals surface area contributed by atoms with Gasteiger partial charge in [0.1, 0.15) is 12.4 Å². The number of hydrogen-bond acceptors (Lipinski definition) is 3.